The van der Waals surface area contributed by atoms with E-state index in [-0.39, 0.29) is 5.60 Å². The van der Waals surface area contributed by atoms with E-state index in [1.807, 2.05) is 0 Å². The molecule has 0 radical (unpaired) electrons. The molecule has 1 saturated heterocycles. The maximum Gasteiger partial charge on any atom is 0.0760 e. The van der Waals surface area contributed by atoms with Crippen molar-refractivity contribution in [2.24, 2.45) is 11.8 Å². The lowest BCUT2D eigenvalue weighted by atomic mass is 9.78. The molecule has 2 rings (SSSR count). The minimum Gasteiger partial charge on any atom is -0.374 e. The summed E-state index contributed by atoms with van der Waals surface area (Å²) >= 11 is 0. The second-order valence-corrected chi connectivity index (χ2v) is 5.49. The zero-order valence-electron chi connectivity index (χ0n) is 10.5. The molecule has 2 nitrogen and oxygen atoms in total. The first-order valence-corrected chi connectivity index (χ1v) is 6.51. The average Bonchev–Trinajstić information content (AvgIpc) is 3.01. The van der Waals surface area contributed by atoms with E-state index in [0.717, 1.165) is 18.9 Å². The summed E-state index contributed by atoms with van der Waals surface area (Å²) < 4.78 is 6.28. The van der Waals surface area contributed by atoms with E-state index < -0.39 is 0 Å². The second kappa shape index (κ2) is 4.42. The topological polar surface area (TPSA) is 12.5 Å². The number of hydrogen-bond donors (Lipinski definition) is 0. The molecule has 0 amide bonds. The van der Waals surface area contributed by atoms with Gasteiger partial charge in [-0.05, 0) is 44.6 Å². The monoisotopic (exact) mass is 211 g/mol. The van der Waals surface area contributed by atoms with Crippen molar-refractivity contribution in [1.82, 2.24) is 4.90 Å². The third-order valence-corrected chi connectivity index (χ3v) is 4.15. The molecule has 0 aromatic carbocycles. The highest BCUT2D eigenvalue weighted by molar-refractivity contribution is 5.02. The van der Waals surface area contributed by atoms with Crippen LogP contribution in [0.4, 0.5) is 0 Å². The Balaban J connectivity index is 2.03. The van der Waals surface area contributed by atoms with Crippen molar-refractivity contribution in [3.05, 3.63) is 0 Å². The SMILES string of the molecule is CCCOC1(C2CC2)CCN(C)CC1C. The van der Waals surface area contributed by atoms with Crippen LogP contribution in [0, 0.1) is 11.8 Å². The highest BCUT2D eigenvalue weighted by Crippen LogP contribution is 2.49. The summed E-state index contributed by atoms with van der Waals surface area (Å²) in [5.41, 5.74) is 0.239. The predicted molar refractivity (Wildman–Crippen MR) is 63.0 cm³/mol. The van der Waals surface area contributed by atoms with Crippen LogP contribution in [-0.4, -0.2) is 37.2 Å². The molecular weight excluding hydrogens is 186 g/mol. The lowest BCUT2D eigenvalue weighted by Gasteiger charge is -2.46. The molecule has 2 unspecified atom stereocenters. The largest absolute Gasteiger partial charge is 0.374 e. The fourth-order valence-electron chi connectivity index (χ4n) is 3.13. The van der Waals surface area contributed by atoms with Crippen LogP contribution in [0.5, 0.6) is 0 Å². The number of rotatable bonds is 4. The Bertz CT molecular complexity index is 211. The molecule has 2 aliphatic rings. The van der Waals surface area contributed by atoms with Crippen LogP contribution in [0.1, 0.15) is 39.5 Å². The zero-order valence-corrected chi connectivity index (χ0v) is 10.5. The highest BCUT2D eigenvalue weighted by Gasteiger charge is 2.51. The first kappa shape index (κ1) is 11.4. The molecule has 15 heavy (non-hydrogen) atoms. The smallest absolute Gasteiger partial charge is 0.0760 e. The molecule has 1 aliphatic carbocycles. The quantitative estimate of drug-likeness (QED) is 0.708. The molecule has 2 fully saturated rings. The summed E-state index contributed by atoms with van der Waals surface area (Å²) in [5.74, 6) is 1.57. The molecule has 2 atom stereocenters. The summed E-state index contributed by atoms with van der Waals surface area (Å²) in [4.78, 5) is 2.45. The van der Waals surface area contributed by atoms with E-state index in [0.29, 0.717) is 5.92 Å². The predicted octanol–water partition coefficient (Wildman–Crippen LogP) is 2.53. The molecule has 1 saturated carbocycles. The van der Waals surface area contributed by atoms with Gasteiger partial charge in [0.2, 0.25) is 0 Å². The van der Waals surface area contributed by atoms with Crippen molar-refractivity contribution in [1.29, 1.82) is 0 Å². The Labute approximate surface area is 94.0 Å². The van der Waals surface area contributed by atoms with Gasteiger partial charge in [-0.25, -0.2) is 0 Å². The molecule has 1 heterocycles. The van der Waals surface area contributed by atoms with Gasteiger partial charge in [-0.15, -0.1) is 0 Å². The zero-order chi connectivity index (χ0) is 10.9. The molecular formula is C13H25NO. The fourth-order valence-corrected chi connectivity index (χ4v) is 3.13. The van der Waals surface area contributed by atoms with Crippen LogP contribution in [0.25, 0.3) is 0 Å². The van der Waals surface area contributed by atoms with Gasteiger partial charge < -0.3 is 9.64 Å². The van der Waals surface area contributed by atoms with Gasteiger partial charge in [-0.3, -0.25) is 0 Å². The summed E-state index contributed by atoms with van der Waals surface area (Å²) in [6, 6.07) is 0. The van der Waals surface area contributed by atoms with E-state index in [1.165, 1.54) is 32.4 Å². The average molecular weight is 211 g/mol. The lowest BCUT2D eigenvalue weighted by Crippen LogP contribution is -2.52. The molecule has 0 aromatic rings. The number of nitrogens with zero attached hydrogens (tertiary/aromatic N) is 1. The molecule has 0 spiro atoms. The van der Waals surface area contributed by atoms with E-state index in [4.69, 9.17) is 4.74 Å². The first-order valence-electron chi connectivity index (χ1n) is 6.51. The van der Waals surface area contributed by atoms with Crippen molar-refractivity contribution in [2.75, 3.05) is 26.7 Å². The summed E-state index contributed by atoms with van der Waals surface area (Å²) in [6.45, 7) is 7.96. The molecule has 0 bridgehead atoms. The highest BCUT2D eigenvalue weighted by atomic mass is 16.5. The number of hydrogen-bond acceptors (Lipinski definition) is 2. The van der Waals surface area contributed by atoms with Crippen LogP contribution in [0.2, 0.25) is 0 Å². The molecule has 2 heteroatoms. The van der Waals surface area contributed by atoms with Crippen LogP contribution in [0.3, 0.4) is 0 Å². The third kappa shape index (κ3) is 2.21. The van der Waals surface area contributed by atoms with E-state index in [9.17, 15) is 0 Å². The Morgan fingerprint density at radius 2 is 2.13 bits per heavy atom. The molecule has 1 aliphatic heterocycles. The summed E-state index contributed by atoms with van der Waals surface area (Å²) in [5, 5.41) is 0. The maximum atomic E-state index is 6.28. The van der Waals surface area contributed by atoms with Gasteiger partial charge in [0, 0.05) is 19.7 Å². The Kier molecular flexibility index (Phi) is 3.36. The third-order valence-electron chi connectivity index (χ3n) is 4.15. The van der Waals surface area contributed by atoms with Crippen LogP contribution < -0.4 is 0 Å². The van der Waals surface area contributed by atoms with Crippen molar-refractivity contribution < 1.29 is 4.74 Å². The molecule has 0 aromatic heterocycles. The molecule has 0 N–H and O–H groups in total. The summed E-state index contributed by atoms with van der Waals surface area (Å²) in [7, 11) is 2.23. The Morgan fingerprint density at radius 3 is 2.67 bits per heavy atom. The Morgan fingerprint density at radius 1 is 1.40 bits per heavy atom. The van der Waals surface area contributed by atoms with Gasteiger partial charge in [-0.2, -0.15) is 0 Å². The van der Waals surface area contributed by atoms with Gasteiger partial charge in [0.15, 0.2) is 0 Å². The summed E-state index contributed by atoms with van der Waals surface area (Å²) in [6.07, 6.45) is 5.20. The van der Waals surface area contributed by atoms with E-state index >= 15 is 0 Å². The lowest BCUT2D eigenvalue weighted by molar-refractivity contribution is -0.130. The maximum absolute atomic E-state index is 6.28. The normalized spacial score (nSPS) is 38.2. The van der Waals surface area contributed by atoms with Crippen molar-refractivity contribution in [2.45, 2.75) is 45.1 Å². The van der Waals surface area contributed by atoms with Gasteiger partial charge >= 0.3 is 0 Å². The minimum atomic E-state index is 0.239. The number of ether oxygens (including phenoxy) is 1. The van der Waals surface area contributed by atoms with Gasteiger partial charge in [0.1, 0.15) is 0 Å². The van der Waals surface area contributed by atoms with E-state index in [1.54, 1.807) is 0 Å². The van der Waals surface area contributed by atoms with Crippen LogP contribution in [0.15, 0.2) is 0 Å². The van der Waals surface area contributed by atoms with Crippen LogP contribution in [-0.2, 0) is 4.74 Å². The standard InChI is InChI=1S/C13H25NO/c1-4-9-15-13(12-5-6-12)7-8-14(3)10-11(13)2/h11-12H,4-10H2,1-3H3. The van der Waals surface area contributed by atoms with Crippen LogP contribution >= 0.6 is 0 Å². The second-order valence-electron chi connectivity index (χ2n) is 5.49. The number of likely N-dealkylation sites (tertiary alicyclic amines) is 1. The van der Waals surface area contributed by atoms with Crippen molar-refractivity contribution >= 4 is 0 Å². The Hall–Kier alpha value is -0.0800. The molecule has 88 valence electrons. The number of piperidine rings is 1. The van der Waals surface area contributed by atoms with Gasteiger partial charge in [0.05, 0.1) is 5.60 Å². The van der Waals surface area contributed by atoms with Crippen molar-refractivity contribution in [3.8, 4) is 0 Å². The van der Waals surface area contributed by atoms with Crippen molar-refractivity contribution in [3.63, 3.8) is 0 Å². The fraction of sp³-hybridized carbons (Fsp3) is 1.00. The first-order chi connectivity index (χ1) is 7.19. The minimum absolute atomic E-state index is 0.239. The van der Waals surface area contributed by atoms with Gasteiger partial charge in [0.25, 0.3) is 0 Å². The van der Waals surface area contributed by atoms with E-state index in [2.05, 4.69) is 25.8 Å². The van der Waals surface area contributed by atoms with Gasteiger partial charge in [-0.1, -0.05) is 13.8 Å².